The van der Waals surface area contributed by atoms with Gasteiger partial charge in [-0.05, 0) is 30.4 Å². The second-order valence-electron chi connectivity index (χ2n) is 7.32. The minimum atomic E-state index is -0.837. The molecule has 1 aliphatic rings. The summed E-state index contributed by atoms with van der Waals surface area (Å²) >= 11 is 0. The van der Waals surface area contributed by atoms with Crippen LogP contribution in [0.25, 0.3) is 0 Å². The molecule has 2 aromatic rings. The summed E-state index contributed by atoms with van der Waals surface area (Å²) in [4.78, 5) is 26.8. The second kappa shape index (κ2) is 9.36. The summed E-state index contributed by atoms with van der Waals surface area (Å²) in [5.41, 5.74) is 2.25. The van der Waals surface area contributed by atoms with Gasteiger partial charge in [0.05, 0.1) is 11.8 Å². The highest BCUT2D eigenvalue weighted by Gasteiger charge is 2.37. The van der Waals surface area contributed by atoms with Gasteiger partial charge in [-0.15, -0.1) is 0 Å². The molecule has 2 atom stereocenters. The van der Waals surface area contributed by atoms with Gasteiger partial charge in [0.25, 0.3) is 0 Å². The number of benzene rings is 2. The van der Waals surface area contributed by atoms with Crippen molar-refractivity contribution in [2.75, 3.05) is 6.54 Å². The lowest BCUT2D eigenvalue weighted by atomic mass is 9.78. The Hall–Kier alpha value is -2.62. The topological polar surface area (TPSA) is 57.6 Å². The van der Waals surface area contributed by atoms with Gasteiger partial charge >= 0.3 is 5.97 Å². The van der Waals surface area contributed by atoms with Crippen molar-refractivity contribution in [1.29, 1.82) is 0 Å². The zero-order chi connectivity index (χ0) is 19.1. The predicted molar refractivity (Wildman–Crippen MR) is 105 cm³/mol. The molecule has 27 heavy (non-hydrogen) atoms. The smallest absolute Gasteiger partial charge is 0.307 e. The van der Waals surface area contributed by atoms with Crippen molar-refractivity contribution in [3.05, 3.63) is 71.8 Å². The van der Waals surface area contributed by atoms with Gasteiger partial charge in [-0.25, -0.2) is 0 Å². The van der Waals surface area contributed by atoms with E-state index in [-0.39, 0.29) is 5.91 Å². The number of carbonyl (C=O) groups is 2. The van der Waals surface area contributed by atoms with Gasteiger partial charge in [0.1, 0.15) is 0 Å². The highest BCUT2D eigenvalue weighted by Crippen LogP contribution is 2.32. The molecule has 0 aromatic heterocycles. The lowest BCUT2D eigenvalue weighted by Crippen LogP contribution is -2.43. The van der Waals surface area contributed by atoms with E-state index in [1.54, 1.807) is 0 Å². The van der Waals surface area contributed by atoms with E-state index in [0.29, 0.717) is 25.9 Å². The summed E-state index contributed by atoms with van der Waals surface area (Å²) in [7, 11) is 0. The fourth-order valence-electron chi connectivity index (χ4n) is 3.94. The SMILES string of the molecule is O=C(O)[C@@H]1CCCC[C@@H]1C(=O)N(CCc1ccccc1)Cc1ccccc1. The Labute approximate surface area is 160 Å². The molecular weight excluding hydrogens is 338 g/mol. The quantitative estimate of drug-likeness (QED) is 0.802. The lowest BCUT2D eigenvalue weighted by Gasteiger charge is -2.33. The predicted octanol–water partition coefficient (Wildman–Crippen LogP) is 4.15. The fraction of sp³-hybridized carbons (Fsp3) is 0.391. The second-order valence-corrected chi connectivity index (χ2v) is 7.32. The number of nitrogens with zero attached hydrogens (tertiary/aromatic N) is 1. The first kappa shape index (κ1) is 19.2. The van der Waals surface area contributed by atoms with Crippen molar-refractivity contribution < 1.29 is 14.7 Å². The molecule has 2 aromatic carbocycles. The van der Waals surface area contributed by atoms with Gasteiger partial charge in [0.15, 0.2) is 0 Å². The van der Waals surface area contributed by atoms with Gasteiger partial charge in [0, 0.05) is 13.1 Å². The molecule has 4 nitrogen and oxygen atoms in total. The summed E-state index contributed by atoms with van der Waals surface area (Å²) in [5.74, 6) is -1.81. The van der Waals surface area contributed by atoms with E-state index in [0.717, 1.165) is 24.8 Å². The van der Waals surface area contributed by atoms with Gasteiger partial charge in [0.2, 0.25) is 5.91 Å². The van der Waals surface area contributed by atoms with E-state index in [2.05, 4.69) is 12.1 Å². The van der Waals surface area contributed by atoms with Crippen LogP contribution in [0.5, 0.6) is 0 Å². The van der Waals surface area contributed by atoms with E-state index < -0.39 is 17.8 Å². The van der Waals surface area contributed by atoms with E-state index in [1.807, 2.05) is 53.4 Å². The Morgan fingerprint density at radius 1 is 0.852 bits per heavy atom. The molecule has 1 fully saturated rings. The Kier molecular flexibility index (Phi) is 6.64. The molecule has 4 heteroatoms. The monoisotopic (exact) mass is 365 g/mol. The van der Waals surface area contributed by atoms with Crippen LogP contribution in [0.4, 0.5) is 0 Å². The van der Waals surface area contributed by atoms with Gasteiger partial charge in [-0.2, -0.15) is 0 Å². The summed E-state index contributed by atoms with van der Waals surface area (Å²) in [6.45, 7) is 1.12. The Morgan fingerprint density at radius 2 is 1.41 bits per heavy atom. The minimum Gasteiger partial charge on any atom is -0.481 e. The van der Waals surface area contributed by atoms with Crippen molar-refractivity contribution in [3.63, 3.8) is 0 Å². The molecule has 142 valence electrons. The molecule has 0 radical (unpaired) electrons. The van der Waals surface area contributed by atoms with Crippen LogP contribution in [0, 0.1) is 11.8 Å². The van der Waals surface area contributed by atoms with Crippen LogP contribution >= 0.6 is 0 Å². The number of hydrogen-bond acceptors (Lipinski definition) is 2. The maximum Gasteiger partial charge on any atom is 0.307 e. The molecule has 1 amide bonds. The van der Waals surface area contributed by atoms with Crippen molar-refractivity contribution in [2.45, 2.75) is 38.6 Å². The molecule has 0 saturated heterocycles. The zero-order valence-corrected chi connectivity index (χ0v) is 15.6. The Bertz CT molecular complexity index is 745. The third-order valence-corrected chi connectivity index (χ3v) is 5.44. The van der Waals surface area contributed by atoms with E-state index in [1.165, 1.54) is 5.56 Å². The Balaban J connectivity index is 1.76. The molecule has 1 saturated carbocycles. The largest absolute Gasteiger partial charge is 0.481 e. The Morgan fingerprint density at radius 3 is 2.00 bits per heavy atom. The van der Waals surface area contributed by atoms with Gasteiger partial charge in [-0.3, -0.25) is 9.59 Å². The van der Waals surface area contributed by atoms with Crippen LogP contribution in [0.15, 0.2) is 60.7 Å². The highest BCUT2D eigenvalue weighted by atomic mass is 16.4. The van der Waals surface area contributed by atoms with Crippen LogP contribution < -0.4 is 0 Å². The normalized spacial score (nSPS) is 19.4. The van der Waals surface area contributed by atoms with Crippen LogP contribution in [0.2, 0.25) is 0 Å². The van der Waals surface area contributed by atoms with Gasteiger partial charge in [-0.1, -0.05) is 73.5 Å². The van der Waals surface area contributed by atoms with Crippen LogP contribution in [-0.4, -0.2) is 28.4 Å². The molecule has 1 aliphatic carbocycles. The third-order valence-electron chi connectivity index (χ3n) is 5.44. The first-order chi connectivity index (χ1) is 13.1. The molecule has 0 aliphatic heterocycles. The number of carbonyl (C=O) groups excluding carboxylic acids is 1. The molecule has 0 unspecified atom stereocenters. The molecule has 3 rings (SSSR count). The van der Waals surface area contributed by atoms with Crippen LogP contribution in [0.1, 0.15) is 36.8 Å². The standard InChI is InChI=1S/C23H27NO3/c25-22(20-13-7-8-14-21(20)23(26)27)24(17-19-11-5-2-6-12-19)16-15-18-9-3-1-4-10-18/h1-6,9-12,20-21H,7-8,13-17H2,(H,26,27)/t20-,21+/m0/s1. The van der Waals surface area contributed by atoms with Crippen LogP contribution in [-0.2, 0) is 22.6 Å². The minimum absolute atomic E-state index is 0.0121. The summed E-state index contributed by atoms with van der Waals surface area (Å²) in [6.07, 6.45) is 3.86. The summed E-state index contributed by atoms with van der Waals surface area (Å²) in [6, 6.07) is 20.0. The number of carboxylic acid groups (broad SMARTS) is 1. The lowest BCUT2D eigenvalue weighted by molar-refractivity contribution is -0.152. The van der Waals surface area contributed by atoms with Crippen molar-refractivity contribution in [2.24, 2.45) is 11.8 Å². The molecule has 0 bridgehead atoms. The van der Waals surface area contributed by atoms with Gasteiger partial charge < -0.3 is 10.0 Å². The number of amides is 1. The zero-order valence-electron chi connectivity index (χ0n) is 15.6. The number of carboxylic acids is 1. The first-order valence-corrected chi connectivity index (χ1v) is 9.74. The third kappa shape index (κ3) is 5.19. The molecule has 0 heterocycles. The van der Waals surface area contributed by atoms with E-state index in [9.17, 15) is 14.7 Å². The van der Waals surface area contributed by atoms with E-state index >= 15 is 0 Å². The van der Waals surface area contributed by atoms with E-state index in [4.69, 9.17) is 0 Å². The van der Waals surface area contributed by atoms with Crippen molar-refractivity contribution in [3.8, 4) is 0 Å². The fourth-order valence-corrected chi connectivity index (χ4v) is 3.94. The summed E-state index contributed by atoms with van der Waals surface area (Å²) in [5, 5.41) is 9.57. The average Bonchev–Trinajstić information content (AvgIpc) is 2.72. The number of hydrogen-bond donors (Lipinski definition) is 1. The highest BCUT2D eigenvalue weighted by molar-refractivity contribution is 5.85. The molecular formula is C23H27NO3. The summed E-state index contributed by atoms with van der Waals surface area (Å²) < 4.78 is 0. The molecule has 0 spiro atoms. The molecule has 1 N–H and O–H groups in total. The van der Waals surface area contributed by atoms with Crippen molar-refractivity contribution in [1.82, 2.24) is 4.90 Å². The van der Waals surface area contributed by atoms with Crippen LogP contribution in [0.3, 0.4) is 0 Å². The number of aliphatic carboxylic acids is 1. The maximum absolute atomic E-state index is 13.3. The first-order valence-electron chi connectivity index (χ1n) is 9.74. The maximum atomic E-state index is 13.3. The number of rotatable bonds is 7. The average molecular weight is 365 g/mol. The van der Waals surface area contributed by atoms with Crippen molar-refractivity contribution >= 4 is 11.9 Å².